The smallest absolute Gasteiger partial charge is 0.186 e. The lowest BCUT2D eigenvalue weighted by Gasteiger charge is -2.00. The normalized spacial score (nSPS) is 12.4. The molecule has 0 saturated heterocycles. The second kappa shape index (κ2) is 3.51. The molecule has 0 aliphatic heterocycles. The summed E-state index contributed by atoms with van der Waals surface area (Å²) in [5.74, 6) is 0. The van der Waals surface area contributed by atoms with Crippen molar-refractivity contribution >= 4 is 21.7 Å². The third-order valence-electron chi connectivity index (χ3n) is 1.44. The van der Waals surface area contributed by atoms with Gasteiger partial charge in [-0.15, -0.1) is 0 Å². The van der Waals surface area contributed by atoms with Crippen molar-refractivity contribution in [2.75, 3.05) is 5.73 Å². The molecule has 3 nitrogen and oxygen atoms in total. The zero-order valence-electron chi connectivity index (χ0n) is 6.36. The molecule has 0 spiro atoms. The van der Waals surface area contributed by atoms with E-state index < -0.39 is 11.1 Å². The first-order chi connectivity index (χ1) is 5.61. The van der Waals surface area contributed by atoms with E-state index in [0.29, 0.717) is 11.3 Å². The number of nitrogen functional groups attached to an aromatic ring is 1. The Morgan fingerprint density at radius 1 is 1.42 bits per heavy atom. The summed E-state index contributed by atoms with van der Waals surface area (Å²) in [5.41, 5.74) is 6.69. The van der Waals surface area contributed by atoms with Gasteiger partial charge in [0.2, 0.25) is 0 Å². The van der Waals surface area contributed by atoms with Crippen molar-refractivity contribution in [3.63, 3.8) is 0 Å². The molecule has 1 atom stereocenters. The van der Waals surface area contributed by atoms with Gasteiger partial charge in [0.15, 0.2) is 11.1 Å². The lowest BCUT2D eigenvalue weighted by atomic mass is 10.2. The van der Waals surface area contributed by atoms with Crippen LogP contribution in [0.2, 0.25) is 0 Å². The number of benzene rings is 1. The highest BCUT2D eigenvalue weighted by atomic mass is 32.2. The molecule has 1 rings (SSSR count). The van der Waals surface area contributed by atoms with E-state index in [9.17, 15) is 4.21 Å². The van der Waals surface area contributed by atoms with Crippen molar-refractivity contribution in [2.24, 2.45) is 0 Å². The summed E-state index contributed by atoms with van der Waals surface area (Å²) < 4.78 is 19.3. The van der Waals surface area contributed by atoms with Crippen LogP contribution in [0.3, 0.4) is 0 Å². The van der Waals surface area contributed by atoms with E-state index in [2.05, 4.69) is 6.58 Å². The van der Waals surface area contributed by atoms with Gasteiger partial charge < -0.3 is 10.3 Å². The minimum absolute atomic E-state index is 0.190. The summed E-state index contributed by atoms with van der Waals surface area (Å²) in [6.45, 7) is 3.46. The summed E-state index contributed by atoms with van der Waals surface area (Å²) in [6, 6.07) is 6.64. The molecule has 0 heterocycles. The molecular weight excluding hydrogens is 174 g/mol. The lowest BCUT2D eigenvalue weighted by molar-refractivity contribution is 0.575. The standard InChI is InChI=1S/C8H9NO2S/c1-6(12(10)11)7-2-4-8(9)5-3-7/h2-5H,1,9H2,(H,10,11). The third-order valence-corrected chi connectivity index (χ3v) is 2.10. The van der Waals surface area contributed by atoms with Gasteiger partial charge in [0.1, 0.15) is 0 Å². The van der Waals surface area contributed by atoms with E-state index in [1.165, 1.54) is 0 Å². The Hall–Kier alpha value is -1.13. The van der Waals surface area contributed by atoms with E-state index in [0.717, 1.165) is 0 Å². The SMILES string of the molecule is C=C(c1ccc(N)cc1)S(=O)O. The fraction of sp³-hybridized carbons (Fsp3) is 0. The van der Waals surface area contributed by atoms with Crippen molar-refractivity contribution in [1.82, 2.24) is 0 Å². The van der Waals surface area contributed by atoms with E-state index in [1.807, 2.05) is 0 Å². The van der Waals surface area contributed by atoms with Crippen LogP contribution in [-0.4, -0.2) is 8.76 Å². The average Bonchev–Trinajstić information content (AvgIpc) is 2.04. The quantitative estimate of drug-likeness (QED) is 0.539. The predicted octanol–water partition coefficient (Wildman–Crippen LogP) is 1.46. The summed E-state index contributed by atoms with van der Waals surface area (Å²) in [7, 11) is 0. The molecule has 0 saturated carbocycles. The van der Waals surface area contributed by atoms with Crippen LogP contribution in [-0.2, 0) is 11.1 Å². The molecule has 1 unspecified atom stereocenters. The summed E-state index contributed by atoms with van der Waals surface area (Å²) >= 11 is -2.00. The van der Waals surface area contributed by atoms with Gasteiger partial charge in [-0.2, -0.15) is 0 Å². The zero-order chi connectivity index (χ0) is 9.14. The maximum atomic E-state index is 10.6. The van der Waals surface area contributed by atoms with Gasteiger partial charge in [-0.1, -0.05) is 18.7 Å². The Labute approximate surface area is 73.2 Å². The summed E-state index contributed by atoms with van der Waals surface area (Å²) in [4.78, 5) is 0.190. The molecule has 1 aromatic carbocycles. The zero-order valence-corrected chi connectivity index (χ0v) is 7.17. The van der Waals surface area contributed by atoms with Gasteiger partial charge in [-0.05, 0) is 17.7 Å². The molecule has 64 valence electrons. The van der Waals surface area contributed by atoms with Gasteiger partial charge in [-0.25, -0.2) is 4.21 Å². The van der Waals surface area contributed by atoms with Crippen LogP contribution in [0.5, 0.6) is 0 Å². The van der Waals surface area contributed by atoms with Gasteiger partial charge in [0.25, 0.3) is 0 Å². The summed E-state index contributed by atoms with van der Waals surface area (Å²) in [5, 5.41) is 0. The Morgan fingerprint density at radius 3 is 2.33 bits per heavy atom. The first-order valence-corrected chi connectivity index (χ1v) is 4.37. The van der Waals surface area contributed by atoms with Crippen LogP contribution >= 0.6 is 0 Å². The molecule has 4 heteroatoms. The first kappa shape index (κ1) is 8.96. The Balaban J connectivity index is 2.98. The van der Waals surface area contributed by atoms with Gasteiger partial charge in [-0.3, -0.25) is 0 Å². The van der Waals surface area contributed by atoms with Crippen LogP contribution in [0.25, 0.3) is 4.91 Å². The second-order valence-electron chi connectivity index (χ2n) is 2.29. The van der Waals surface area contributed by atoms with Crippen molar-refractivity contribution in [3.8, 4) is 0 Å². The van der Waals surface area contributed by atoms with Gasteiger partial charge in [0.05, 0.1) is 4.91 Å². The largest absolute Gasteiger partial charge is 0.399 e. The number of rotatable bonds is 2. The van der Waals surface area contributed by atoms with E-state index in [1.54, 1.807) is 24.3 Å². The van der Waals surface area contributed by atoms with Crippen molar-refractivity contribution in [1.29, 1.82) is 0 Å². The summed E-state index contributed by atoms with van der Waals surface area (Å²) in [6.07, 6.45) is 0. The Morgan fingerprint density at radius 2 is 1.92 bits per heavy atom. The van der Waals surface area contributed by atoms with E-state index >= 15 is 0 Å². The molecule has 0 bridgehead atoms. The highest BCUT2D eigenvalue weighted by molar-refractivity contribution is 7.89. The Kier molecular flexibility index (Phi) is 2.62. The second-order valence-corrected chi connectivity index (χ2v) is 3.29. The molecule has 1 aromatic rings. The van der Waals surface area contributed by atoms with Gasteiger partial charge >= 0.3 is 0 Å². The van der Waals surface area contributed by atoms with E-state index in [-0.39, 0.29) is 4.91 Å². The molecule has 0 radical (unpaired) electrons. The molecular formula is C8H9NO2S. The van der Waals surface area contributed by atoms with Crippen LogP contribution in [0.1, 0.15) is 5.56 Å². The third kappa shape index (κ3) is 1.93. The predicted molar refractivity (Wildman–Crippen MR) is 50.7 cm³/mol. The van der Waals surface area contributed by atoms with Crippen molar-refractivity contribution < 1.29 is 8.76 Å². The maximum absolute atomic E-state index is 10.6. The van der Waals surface area contributed by atoms with Crippen LogP contribution in [0, 0.1) is 0 Å². The molecule has 0 fully saturated rings. The first-order valence-electron chi connectivity index (χ1n) is 3.27. The van der Waals surface area contributed by atoms with E-state index in [4.69, 9.17) is 10.3 Å². The van der Waals surface area contributed by atoms with Crippen LogP contribution in [0.15, 0.2) is 30.8 Å². The van der Waals surface area contributed by atoms with Crippen molar-refractivity contribution in [2.45, 2.75) is 0 Å². The number of nitrogens with two attached hydrogens (primary N) is 1. The van der Waals surface area contributed by atoms with Crippen LogP contribution < -0.4 is 5.73 Å². The fourth-order valence-corrected chi connectivity index (χ4v) is 1.11. The number of hydrogen-bond donors (Lipinski definition) is 2. The van der Waals surface area contributed by atoms with Crippen LogP contribution in [0.4, 0.5) is 5.69 Å². The molecule has 12 heavy (non-hydrogen) atoms. The monoisotopic (exact) mass is 183 g/mol. The minimum atomic E-state index is -2.00. The molecule has 0 amide bonds. The van der Waals surface area contributed by atoms with Crippen molar-refractivity contribution in [3.05, 3.63) is 36.4 Å². The maximum Gasteiger partial charge on any atom is 0.186 e. The molecule has 0 aliphatic rings. The lowest BCUT2D eigenvalue weighted by Crippen LogP contribution is -1.91. The molecule has 0 aliphatic carbocycles. The minimum Gasteiger partial charge on any atom is -0.399 e. The highest BCUT2D eigenvalue weighted by Gasteiger charge is 2.03. The fourth-order valence-electron chi connectivity index (χ4n) is 0.770. The average molecular weight is 183 g/mol. The highest BCUT2D eigenvalue weighted by Crippen LogP contribution is 2.16. The topological polar surface area (TPSA) is 63.3 Å². The number of hydrogen-bond acceptors (Lipinski definition) is 2. The molecule has 0 aromatic heterocycles. The molecule has 3 N–H and O–H groups in total. The van der Waals surface area contributed by atoms with Gasteiger partial charge in [0, 0.05) is 5.69 Å². The Bertz CT molecular complexity index is 318. The number of anilines is 1.